The average Bonchev–Trinajstić information content (AvgIpc) is 2.74. The lowest BCUT2D eigenvalue weighted by Gasteiger charge is -2.28. The van der Waals surface area contributed by atoms with Crippen molar-refractivity contribution in [3.63, 3.8) is 0 Å². The Labute approximate surface area is 116 Å². The minimum Gasteiger partial charge on any atom is -0.483 e. The summed E-state index contributed by atoms with van der Waals surface area (Å²) in [5.74, 6) is -0.431. The lowest BCUT2D eigenvalue weighted by Crippen LogP contribution is -2.53. The number of fused-ring (bicyclic) bond motifs is 1. The zero-order valence-electron chi connectivity index (χ0n) is 10.8. The first-order valence-corrected chi connectivity index (χ1v) is 6.43. The van der Waals surface area contributed by atoms with Gasteiger partial charge in [0.2, 0.25) is 0 Å². The van der Waals surface area contributed by atoms with E-state index in [4.69, 9.17) is 10.5 Å². The van der Waals surface area contributed by atoms with E-state index in [2.05, 4.69) is 0 Å². The molecule has 2 atom stereocenters. The fraction of sp³-hybridized carbons (Fsp3) is 0.188. The standard InChI is InChI=1S/C16H15NO3/c17-16(15(18)19)10-11-6-4-5-9-13(11)14(16)20-12-7-2-1-3-8-12/h1-9,14H,10,17H2,(H,18,19). The zero-order valence-corrected chi connectivity index (χ0v) is 10.8. The normalized spacial score (nSPS) is 24.1. The molecule has 0 fully saturated rings. The van der Waals surface area contributed by atoms with Gasteiger partial charge in [-0.15, -0.1) is 0 Å². The number of para-hydroxylation sites is 1. The van der Waals surface area contributed by atoms with E-state index < -0.39 is 17.6 Å². The fourth-order valence-corrected chi connectivity index (χ4v) is 2.63. The molecule has 4 nitrogen and oxygen atoms in total. The molecule has 0 aliphatic heterocycles. The van der Waals surface area contributed by atoms with Crippen LogP contribution in [0.15, 0.2) is 54.6 Å². The molecule has 3 N–H and O–H groups in total. The summed E-state index contributed by atoms with van der Waals surface area (Å²) in [5.41, 5.74) is 6.47. The molecule has 0 heterocycles. The number of nitrogens with two attached hydrogens (primary N) is 1. The quantitative estimate of drug-likeness (QED) is 0.895. The van der Waals surface area contributed by atoms with E-state index in [1.54, 1.807) is 12.1 Å². The van der Waals surface area contributed by atoms with Gasteiger partial charge in [-0.05, 0) is 23.3 Å². The molecular formula is C16H15NO3. The summed E-state index contributed by atoms with van der Waals surface area (Å²) in [6.45, 7) is 0. The van der Waals surface area contributed by atoms with Gasteiger partial charge >= 0.3 is 5.97 Å². The van der Waals surface area contributed by atoms with E-state index in [1.165, 1.54) is 0 Å². The molecule has 1 aliphatic carbocycles. The Morgan fingerprint density at radius 3 is 2.50 bits per heavy atom. The number of benzene rings is 2. The lowest BCUT2D eigenvalue weighted by molar-refractivity contribution is -0.146. The van der Waals surface area contributed by atoms with Crippen molar-refractivity contribution in [1.29, 1.82) is 0 Å². The number of hydrogen-bond donors (Lipinski definition) is 2. The van der Waals surface area contributed by atoms with E-state index in [1.807, 2.05) is 42.5 Å². The van der Waals surface area contributed by atoms with Gasteiger partial charge in [-0.2, -0.15) is 0 Å². The second-order valence-electron chi connectivity index (χ2n) is 5.03. The van der Waals surface area contributed by atoms with Crippen molar-refractivity contribution in [2.45, 2.75) is 18.1 Å². The number of carbonyl (C=O) groups is 1. The number of carboxylic acid groups (broad SMARTS) is 1. The number of carboxylic acids is 1. The maximum atomic E-state index is 11.6. The summed E-state index contributed by atoms with van der Waals surface area (Å²) in [5, 5.41) is 9.49. The summed E-state index contributed by atoms with van der Waals surface area (Å²) in [6, 6.07) is 16.7. The van der Waals surface area contributed by atoms with Gasteiger partial charge in [0.15, 0.2) is 11.6 Å². The second-order valence-corrected chi connectivity index (χ2v) is 5.03. The highest BCUT2D eigenvalue weighted by Gasteiger charge is 2.51. The van der Waals surface area contributed by atoms with Gasteiger partial charge in [-0.25, -0.2) is 0 Å². The van der Waals surface area contributed by atoms with Crippen LogP contribution >= 0.6 is 0 Å². The van der Waals surface area contributed by atoms with Crippen molar-refractivity contribution in [3.8, 4) is 5.75 Å². The summed E-state index contributed by atoms with van der Waals surface area (Å²) in [6.07, 6.45) is -0.408. The van der Waals surface area contributed by atoms with Gasteiger partial charge in [0, 0.05) is 6.42 Å². The lowest BCUT2D eigenvalue weighted by atomic mass is 9.94. The van der Waals surface area contributed by atoms with Crippen molar-refractivity contribution < 1.29 is 14.6 Å². The third-order valence-electron chi connectivity index (χ3n) is 3.68. The largest absolute Gasteiger partial charge is 0.483 e. The first kappa shape index (κ1) is 12.7. The molecule has 0 amide bonds. The highest BCUT2D eigenvalue weighted by Crippen LogP contribution is 2.40. The monoisotopic (exact) mass is 269 g/mol. The molecule has 2 unspecified atom stereocenters. The Kier molecular flexibility index (Phi) is 2.95. The molecule has 0 aromatic heterocycles. The molecule has 0 bridgehead atoms. The zero-order chi connectivity index (χ0) is 14.2. The van der Waals surface area contributed by atoms with Crippen LogP contribution in [-0.2, 0) is 11.2 Å². The number of rotatable bonds is 3. The predicted octanol–water partition coefficient (Wildman–Crippen LogP) is 2.14. The fourth-order valence-electron chi connectivity index (χ4n) is 2.63. The molecule has 4 heteroatoms. The third kappa shape index (κ3) is 1.94. The Morgan fingerprint density at radius 1 is 1.15 bits per heavy atom. The summed E-state index contributed by atoms with van der Waals surface area (Å²) in [7, 11) is 0. The molecule has 102 valence electrons. The van der Waals surface area contributed by atoms with Crippen molar-refractivity contribution in [3.05, 3.63) is 65.7 Å². The van der Waals surface area contributed by atoms with Gasteiger partial charge in [0.25, 0.3) is 0 Å². The Morgan fingerprint density at radius 2 is 1.80 bits per heavy atom. The first-order chi connectivity index (χ1) is 9.61. The van der Waals surface area contributed by atoms with E-state index >= 15 is 0 Å². The first-order valence-electron chi connectivity index (χ1n) is 6.43. The maximum Gasteiger partial charge on any atom is 0.328 e. The van der Waals surface area contributed by atoms with Crippen LogP contribution in [0.2, 0.25) is 0 Å². The van der Waals surface area contributed by atoms with Gasteiger partial charge in [-0.3, -0.25) is 4.79 Å². The van der Waals surface area contributed by atoms with Crippen molar-refractivity contribution >= 4 is 5.97 Å². The molecule has 0 saturated heterocycles. The van der Waals surface area contributed by atoms with Crippen LogP contribution in [0, 0.1) is 0 Å². The van der Waals surface area contributed by atoms with Gasteiger partial charge < -0.3 is 15.6 Å². The molecule has 1 aliphatic rings. The molecule has 20 heavy (non-hydrogen) atoms. The summed E-state index contributed by atoms with van der Waals surface area (Å²) >= 11 is 0. The SMILES string of the molecule is NC1(C(=O)O)Cc2ccccc2C1Oc1ccccc1. The molecule has 0 saturated carbocycles. The van der Waals surface area contributed by atoms with E-state index in [9.17, 15) is 9.90 Å². The molecule has 2 aromatic carbocycles. The van der Waals surface area contributed by atoms with Crippen LogP contribution in [0.3, 0.4) is 0 Å². The van der Waals surface area contributed by atoms with Crippen molar-refractivity contribution in [2.24, 2.45) is 5.73 Å². The average molecular weight is 269 g/mol. The van der Waals surface area contributed by atoms with Crippen LogP contribution in [0.5, 0.6) is 5.75 Å². The van der Waals surface area contributed by atoms with Crippen LogP contribution in [0.25, 0.3) is 0 Å². The molecular weight excluding hydrogens is 254 g/mol. The smallest absolute Gasteiger partial charge is 0.328 e. The maximum absolute atomic E-state index is 11.6. The molecule has 3 rings (SSSR count). The van der Waals surface area contributed by atoms with Crippen molar-refractivity contribution in [1.82, 2.24) is 0 Å². The molecule has 0 radical (unpaired) electrons. The number of hydrogen-bond acceptors (Lipinski definition) is 3. The molecule has 0 spiro atoms. The highest BCUT2D eigenvalue weighted by molar-refractivity contribution is 5.82. The van der Waals surface area contributed by atoms with E-state index in [0.717, 1.165) is 11.1 Å². The van der Waals surface area contributed by atoms with Gasteiger partial charge in [0.05, 0.1) is 0 Å². The van der Waals surface area contributed by atoms with E-state index in [-0.39, 0.29) is 6.42 Å². The van der Waals surface area contributed by atoms with Crippen LogP contribution in [-0.4, -0.2) is 16.6 Å². The minimum atomic E-state index is -1.43. The number of aliphatic carboxylic acids is 1. The Balaban J connectivity index is 2.02. The highest BCUT2D eigenvalue weighted by atomic mass is 16.5. The second kappa shape index (κ2) is 4.65. The third-order valence-corrected chi connectivity index (χ3v) is 3.68. The van der Waals surface area contributed by atoms with E-state index in [0.29, 0.717) is 5.75 Å². The minimum absolute atomic E-state index is 0.274. The van der Waals surface area contributed by atoms with Crippen LogP contribution in [0.4, 0.5) is 0 Å². The van der Waals surface area contributed by atoms with Crippen LogP contribution in [0.1, 0.15) is 17.2 Å². The van der Waals surface area contributed by atoms with Crippen LogP contribution < -0.4 is 10.5 Å². The Hall–Kier alpha value is -2.33. The number of ether oxygens (including phenoxy) is 1. The Bertz CT molecular complexity index is 641. The predicted molar refractivity (Wildman–Crippen MR) is 74.5 cm³/mol. The molecule has 2 aromatic rings. The van der Waals surface area contributed by atoms with Crippen molar-refractivity contribution in [2.75, 3.05) is 0 Å². The van der Waals surface area contributed by atoms with Gasteiger partial charge in [0.1, 0.15) is 5.75 Å². The summed E-state index contributed by atoms with van der Waals surface area (Å²) in [4.78, 5) is 11.6. The van der Waals surface area contributed by atoms with Gasteiger partial charge in [-0.1, -0.05) is 42.5 Å². The summed E-state index contributed by atoms with van der Waals surface area (Å²) < 4.78 is 5.87. The topological polar surface area (TPSA) is 72.6 Å².